The molecule has 2 rings (SSSR count). The van der Waals surface area contributed by atoms with E-state index in [1.807, 2.05) is 24.3 Å². The third-order valence-corrected chi connectivity index (χ3v) is 3.88. The van der Waals surface area contributed by atoms with E-state index < -0.39 is 0 Å². The quantitative estimate of drug-likeness (QED) is 0.618. The Hall–Kier alpha value is -0.780. The number of thioether (sulfide) groups is 1. The molecular formula is C10H9ClN2OS2. The van der Waals surface area contributed by atoms with E-state index in [0.29, 0.717) is 11.6 Å². The topological polar surface area (TPSA) is 35.0 Å². The molecule has 0 amide bonds. The Bertz CT molecular complexity index is 436. The molecule has 2 aromatic rings. The average Bonchev–Trinajstić information content (AvgIpc) is 2.79. The third-order valence-electron chi connectivity index (χ3n) is 1.74. The molecule has 0 atom stereocenters. The molecule has 0 saturated carbocycles. The third kappa shape index (κ3) is 3.37. The number of ether oxygens (including phenoxy) is 1. The largest absolute Gasteiger partial charge is 0.491 e. The minimum Gasteiger partial charge on any atom is -0.491 e. The molecule has 0 N–H and O–H groups in total. The molecule has 1 aromatic heterocycles. The first-order valence-corrected chi connectivity index (χ1v) is 6.87. The smallest absolute Gasteiger partial charge is 0.174 e. The fourth-order valence-corrected chi connectivity index (χ4v) is 2.63. The second kappa shape index (κ2) is 6.08. The molecule has 84 valence electrons. The van der Waals surface area contributed by atoms with Crippen molar-refractivity contribution in [1.82, 2.24) is 10.2 Å². The van der Waals surface area contributed by atoms with Crippen LogP contribution in [0, 0.1) is 0 Å². The molecule has 0 bridgehead atoms. The molecule has 1 heterocycles. The highest BCUT2D eigenvalue weighted by Crippen LogP contribution is 2.24. The van der Waals surface area contributed by atoms with Crippen molar-refractivity contribution in [2.45, 2.75) is 4.34 Å². The van der Waals surface area contributed by atoms with E-state index in [1.165, 1.54) is 11.3 Å². The van der Waals surface area contributed by atoms with Crippen LogP contribution >= 0.6 is 34.7 Å². The van der Waals surface area contributed by atoms with Crippen LogP contribution in [0.1, 0.15) is 0 Å². The molecule has 6 heteroatoms. The van der Waals surface area contributed by atoms with E-state index in [1.54, 1.807) is 17.3 Å². The maximum Gasteiger partial charge on any atom is 0.174 e. The van der Waals surface area contributed by atoms with Gasteiger partial charge < -0.3 is 4.74 Å². The SMILES string of the molecule is Clc1ccccc1OCCSc1nncs1. The normalized spacial score (nSPS) is 10.3. The van der Waals surface area contributed by atoms with Crippen molar-refractivity contribution >= 4 is 34.7 Å². The number of halogens is 1. The fraction of sp³-hybridized carbons (Fsp3) is 0.200. The fourth-order valence-electron chi connectivity index (χ4n) is 1.07. The number of rotatable bonds is 5. The summed E-state index contributed by atoms with van der Waals surface area (Å²) in [5.74, 6) is 1.56. The molecule has 0 saturated heterocycles. The number of para-hydroxylation sites is 1. The first kappa shape index (κ1) is 11.7. The minimum absolute atomic E-state index is 0.605. The lowest BCUT2D eigenvalue weighted by Crippen LogP contribution is -2.00. The Morgan fingerprint density at radius 3 is 3.00 bits per heavy atom. The lowest BCUT2D eigenvalue weighted by Gasteiger charge is -2.06. The Balaban J connectivity index is 1.74. The van der Waals surface area contributed by atoms with Crippen molar-refractivity contribution < 1.29 is 4.74 Å². The Morgan fingerprint density at radius 2 is 2.25 bits per heavy atom. The Kier molecular flexibility index (Phi) is 4.44. The number of aromatic nitrogens is 2. The highest BCUT2D eigenvalue weighted by molar-refractivity contribution is 8.01. The van der Waals surface area contributed by atoms with Crippen LogP contribution in [0.2, 0.25) is 5.02 Å². The molecule has 0 spiro atoms. The van der Waals surface area contributed by atoms with E-state index in [4.69, 9.17) is 16.3 Å². The van der Waals surface area contributed by atoms with Crippen molar-refractivity contribution in [2.75, 3.05) is 12.4 Å². The maximum absolute atomic E-state index is 5.95. The molecular weight excluding hydrogens is 264 g/mol. The zero-order valence-electron chi connectivity index (χ0n) is 8.30. The van der Waals surface area contributed by atoms with Crippen molar-refractivity contribution in [2.24, 2.45) is 0 Å². The monoisotopic (exact) mass is 272 g/mol. The minimum atomic E-state index is 0.605. The zero-order chi connectivity index (χ0) is 11.2. The van der Waals surface area contributed by atoms with Gasteiger partial charge in [-0.2, -0.15) is 0 Å². The van der Waals surface area contributed by atoms with Gasteiger partial charge in [-0.25, -0.2) is 0 Å². The van der Waals surface area contributed by atoms with Gasteiger partial charge in [0.05, 0.1) is 11.6 Å². The van der Waals surface area contributed by atoms with Crippen LogP contribution in [-0.4, -0.2) is 22.6 Å². The van der Waals surface area contributed by atoms with Gasteiger partial charge in [0, 0.05) is 5.75 Å². The number of benzene rings is 1. The van der Waals surface area contributed by atoms with Gasteiger partial charge in [0.2, 0.25) is 0 Å². The maximum atomic E-state index is 5.95. The number of nitrogens with zero attached hydrogens (tertiary/aromatic N) is 2. The van der Waals surface area contributed by atoms with Crippen molar-refractivity contribution in [3.63, 3.8) is 0 Å². The van der Waals surface area contributed by atoms with Crippen molar-refractivity contribution in [3.05, 3.63) is 34.8 Å². The highest BCUT2D eigenvalue weighted by Gasteiger charge is 2.01. The molecule has 0 aliphatic heterocycles. The van der Waals surface area contributed by atoms with Crippen LogP contribution in [0.3, 0.4) is 0 Å². The van der Waals surface area contributed by atoms with Crippen molar-refractivity contribution in [1.29, 1.82) is 0 Å². The zero-order valence-corrected chi connectivity index (χ0v) is 10.7. The van der Waals surface area contributed by atoms with Crippen LogP contribution in [0.5, 0.6) is 5.75 Å². The van der Waals surface area contributed by atoms with Gasteiger partial charge in [-0.05, 0) is 12.1 Å². The molecule has 1 aromatic carbocycles. The molecule has 0 fully saturated rings. The lowest BCUT2D eigenvalue weighted by atomic mass is 10.3. The van der Waals surface area contributed by atoms with Gasteiger partial charge in [-0.3, -0.25) is 0 Å². The molecule has 3 nitrogen and oxygen atoms in total. The predicted molar refractivity (Wildman–Crippen MR) is 67.6 cm³/mol. The summed E-state index contributed by atoms with van der Waals surface area (Å²) < 4.78 is 6.50. The van der Waals surface area contributed by atoms with Gasteiger partial charge in [-0.1, -0.05) is 46.8 Å². The second-order valence-electron chi connectivity index (χ2n) is 2.83. The van der Waals surface area contributed by atoms with E-state index in [0.717, 1.165) is 15.8 Å². The second-order valence-corrected chi connectivity index (χ2v) is 5.41. The van der Waals surface area contributed by atoms with E-state index >= 15 is 0 Å². The average molecular weight is 273 g/mol. The summed E-state index contributed by atoms with van der Waals surface area (Å²) in [4.78, 5) is 0. The summed E-state index contributed by atoms with van der Waals surface area (Å²) in [5, 5.41) is 8.33. The summed E-state index contributed by atoms with van der Waals surface area (Å²) in [6.07, 6.45) is 0. The standard InChI is InChI=1S/C10H9ClN2OS2/c11-8-3-1-2-4-9(8)14-5-6-15-10-13-12-7-16-10/h1-4,7H,5-6H2. The van der Waals surface area contributed by atoms with Crippen LogP contribution in [0.25, 0.3) is 0 Å². The summed E-state index contributed by atoms with van der Waals surface area (Å²) in [6.45, 7) is 0.605. The Labute approximate surface area is 107 Å². The molecule has 0 radical (unpaired) electrons. The first-order valence-electron chi connectivity index (χ1n) is 4.62. The highest BCUT2D eigenvalue weighted by atomic mass is 35.5. The van der Waals surface area contributed by atoms with Gasteiger partial charge in [0.1, 0.15) is 11.3 Å². The van der Waals surface area contributed by atoms with E-state index in [9.17, 15) is 0 Å². The summed E-state index contributed by atoms with van der Waals surface area (Å²) >= 11 is 9.11. The summed E-state index contributed by atoms with van der Waals surface area (Å²) in [6, 6.07) is 7.46. The van der Waals surface area contributed by atoms with Gasteiger partial charge in [0.15, 0.2) is 4.34 Å². The number of hydrogen-bond acceptors (Lipinski definition) is 5. The first-order chi connectivity index (χ1) is 7.86. The predicted octanol–water partition coefficient (Wildman–Crippen LogP) is 3.36. The van der Waals surface area contributed by atoms with Gasteiger partial charge in [-0.15, -0.1) is 10.2 Å². The van der Waals surface area contributed by atoms with E-state index in [-0.39, 0.29) is 0 Å². The molecule has 0 unspecified atom stereocenters. The number of hydrogen-bond donors (Lipinski definition) is 0. The van der Waals surface area contributed by atoms with Crippen LogP contribution in [0.4, 0.5) is 0 Å². The Morgan fingerprint density at radius 1 is 1.38 bits per heavy atom. The van der Waals surface area contributed by atoms with Crippen LogP contribution < -0.4 is 4.74 Å². The van der Waals surface area contributed by atoms with Gasteiger partial charge in [0.25, 0.3) is 0 Å². The van der Waals surface area contributed by atoms with Crippen LogP contribution in [-0.2, 0) is 0 Å². The molecule has 0 aliphatic carbocycles. The van der Waals surface area contributed by atoms with Crippen molar-refractivity contribution in [3.8, 4) is 5.75 Å². The van der Waals surface area contributed by atoms with Gasteiger partial charge >= 0.3 is 0 Å². The molecule has 16 heavy (non-hydrogen) atoms. The van der Waals surface area contributed by atoms with E-state index in [2.05, 4.69) is 10.2 Å². The molecule has 0 aliphatic rings. The summed E-state index contributed by atoms with van der Waals surface area (Å²) in [5.41, 5.74) is 1.72. The summed E-state index contributed by atoms with van der Waals surface area (Å²) in [7, 11) is 0. The lowest BCUT2D eigenvalue weighted by molar-refractivity contribution is 0.344. The van der Waals surface area contributed by atoms with Crippen LogP contribution in [0.15, 0.2) is 34.1 Å².